The molecular weight excluding hydrogens is 334 g/mol. The molecule has 0 saturated heterocycles. The Hall–Kier alpha value is -3.06. The van der Waals surface area contributed by atoms with Crippen molar-refractivity contribution in [3.63, 3.8) is 0 Å². The van der Waals surface area contributed by atoms with Gasteiger partial charge >= 0.3 is 0 Å². The summed E-state index contributed by atoms with van der Waals surface area (Å²) < 4.78 is 0. The number of carbonyl (C=O) groups is 1. The van der Waals surface area contributed by atoms with Crippen molar-refractivity contribution in [1.82, 2.24) is 10.2 Å². The van der Waals surface area contributed by atoms with Gasteiger partial charge in [0.2, 0.25) is 5.13 Å². The van der Waals surface area contributed by atoms with E-state index in [1.807, 2.05) is 53.5 Å². The predicted octanol–water partition coefficient (Wildman–Crippen LogP) is 3.48. The van der Waals surface area contributed by atoms with Crippen molar-refractivity contribution in [2.75, 3.05) is 10.3 Å². The topological polar surface area (TPSA) is 70.5 Å². The molecule has 0 fully saturated rings. The third kappa shape index (κ3) is 3.27. The summed E-state index contributed by atoms with van der Waals surface area (Å²) in [6.07, 6.45) is 0.531. The van der Waals surface area contributed by atoms with Gasteiger partial charge in [0.25, 0.3) is 5.91 Å². The van der Waals surface area contributed by atoms with E-state index in [1.54, 1.807) is 5.51 Å². The predicted molar refractivity (Wildman–Crippen MR) is 98.7 cm³/mol. The lowest BCUT2D eigenvalue weighted by atomic mass is 10.0. The molecule has 2 aromatic carbocycles. The number of nitrogens with one attached hydrogen (secondary N) is 1. The van der Waals surface area contributed by atoms with Gasteiger partial charge in [-0.3, -0.25) is 15.1 Å². The Bertz CT molecular complexity index is 880. The second-order valence-electron chi connectivity index (χ2n) is 5.56. The molecule has 124 valence electrons. The molecule has 1 aliphatic rings. The summed E-state index contributed by atoms with van der Waals surface area (Å²) in [6, 6.07) is 19.9. The summed E-state index contributed by atoms with van der Waals surface area (Å²) in [4.78, 5) is 12.5. The number of para-hydroxylation sites is 1. The van der Waals surface area contributed by atoms with E-state index in [0.717, 1.165) is 11.3 Å². The molecule has 1 aromatic heterocycles. The molecule has 7 heteroatoms. The van der Waals surface area contributed by atoms with Crippen LogP contribution in [-0.2, 0) is 4.79 Å². The van der Waals surface area contributed by atoms with Crippen LogP contribution < -0.4 is 10.3 Å². The number of rotatable bonds is 4. The molecule has 4 rings (SSSR count). The zero-order valence-corrected chi connectivity index (χ0v) is 14.1. The van der Waals surface area contributed by atoms with Crippen LogP contribution in [0.4, 0.5) is 10.8 Å². The number of anilines is 2. The van der Waals surface area contributed by atoms with Crippen LogP contribution in [0, 0.1) is 0 Å². The van der Waals surface area contributed by atoms with Crippen LogP contribution >= 0.6 is 11.3 Å². The second-order valence-corrected chi connectivity index (χ2v) is 6.39. The summed E-state index contributed by atoms with van der Waals surface area (Å²) in [5.74, 6) is -0.240. The highest BCUT2D eigenvalue weighted by atomic mass is 32.1. The quantitative estimate of drug-likeness (QED) is 0.783. The third-order valence-corrected chi connectivity index (χ3v) is 4.56. The molecule has 6 nitrogen and oxygen atoms in total. The minimum atomic E-state index is -0.240. The van der Waals surface area contributed by atoms with Gasteiger partial charge in [-0.25, -0.2) is 0 Å². The zero-order chi connectivity index (χ0) is 17.1. The van der Waals surface area contributed by atoms with Crippen LogP contribution in [0.1, 0.15) is 18.0 Å². The van der Waals surface area contributed by atoms with E-state index in [-0.39, 0.29) is 11.9 Å². The van der Waals surface area contributed by atoms with Gasteiger partial charge in [-0.05, 0) is 17.7 Å². The largest absolute Gasteiger partial charge is 0.295 e. The van der Waals surface area contributed by atoms with Crippen molar-refractivity contribution in [2.45, 2.75) is 12.5 Å². The van der Waals surface area contributed by atoms with Gasteiger partial charge in [0.15, 0.2) is 0 Å². The Morgan fingerprint density at radius 3 is 2.48 bits per heavy atom. The van der Waals surface area contributed by atoms with Crippen LogP contribution in [0.25, 0.3) is 0 Å². The highest BCUT2D eigenvalue weighted by Gasteiger charge is 2.32. The Kier molecular flexibility index (Phi) is 4.22. The fourth-order valence-corrected chi connectivity index (χ4v) is 3.24. The third-order valence-electron chi connectivity index (χ3n) is 3.96. The number of hydrazone groups is 1. The molecule has 0 bridgehead atoms. The Labute approximate surface area is 148 Å². The monoisotopic (exact) mass is 349 g/mol. The molecular formula is C18H15N5OS. The van der Waals surface area contributed by atoms with Crippen molar-refractivity contribution in [3.05, 3.63) is 71.7 Å². The number of hydrogen-bond acceptors (Lipinski definition) is 6. The van der Waals surface area contributed by atoms with E-state index in [2.05, 4.69) is 32.7 Å². The molecule has 3 aromatic rings. The van der Waals surface area contributed by atoms with Gasteiger partial charge in [-0.15, -0.1) is 10.2 Å². The molecule has 0 saturated carbocycles. The maximum absolute atomic E-state index is 12.5. The number of nitrogens with zero attached hydrogens (tertiary/aromatic N) is 4. The first-order valence-electron chi connectivity index (χ1n) is 7.85. The smallest absolute Gasteiger partial charge is 0.273 e. The molecule has 1 aliphatic heterocycles. The van der Waals surface area contributed by atoms with E-state index in [1.165, 1.54) is 11.3 Å². The van der Waals surface area contributed by atoms with Gasteiger partial charge in [0.05, 0.1) is 11.7 Å². The first-order chi connectivity index (χ1) is 12.3. The van der Waals surface area contributed by atoms with Crippen LogP contribution in [0.5, 0.6) is 0 Å². The van der Waals surface area contributed by atoms with Crippen molar-refractivity contribution >= 4 is 33.8 Å². The number of benzene rings is 2. The number of hydrogen-bond donors (Lipinski definition) is 1. The van der Waals surface area contributed by atoms with Gasteiger partial charge < -0.3 is 0 Å². The van der Waals surface area contributed by atoms with Crippen LogP contribution in [-0.4, -0.2) is 21.8 Å². The Morgan fingerprint density at radius 2 is 1.80 bits per heavy atom. The minimum absolute atomic E-state index is 0.0150. The Morgan fingerprint density at radius 1 is 1.08 bits per heavy atom. The average molecular weight is 349 g/mol. The second kappa shape index (κ2) is 6.82. The van der Waals surface area contributed by atoms with Gasteiger partial charge in [-0.1, -0.05) is 59.9 Å². The van der Waals surface area contributed by atoms with Crippen LogP contribution in [0.15, 0.2) is 71.3 Å². The standard InChI is InChI=1S/C18H15N5OS/c24-17(20-18-21-19-12-25-18)15-11-16(13-7-3-1-4-8-13)23(22-15)14-9-5-2-6-10-14/h1-10,12,16H,11H2,(H,20,21,24)/t16-/m0/s1. The van der Waals surface area contributed by atoms with E-state index in [0.29, 0.717) is 17.3 Å². The first-order valence-corrected chi connectivity index (χ1v) is 8.73. The minimum Gasteiger partial charge on any atom is -0.295 e. The molecule has 0 aliphatic carbocycles. The maximum atomic E-state index is 12.5. The van der Waals surface area contributed by atoms with E-state index < -0.39 is 0 Å². The van der Waals surface area contributed by atoms with Gasteiger partial charge in [0.1, 0.15) is 11.2 Å². The van der Waals surface area contributed by atoms with Crippen molar-refractivity contribution in [3.8, 4) is 0 Å². The van der Waals surface area contributed by atoms with E-state index in [4.69, 9.17) is 0 Å². The number of aromatic nitrogens is 2. The van der Waals surface area contributed by atoms with Crippen molar-refractivity contribution in [2.24, 2.45) is 5.10 Å². The molecule has 1 atom stereocenters. The molecule has 0 spiro atoms. The SMILES string of the molecule is O=C(Nc1nncs1)C1=NN(c2ccccc2)[C@H](c2ccccc2)C1. The summed E-state index contributed by atoms with van der Waals surface area (Å²) in [5.41, 5.74) is 4.13. The maximum Gasteiger partial charge on any atom is 0.273 e. The molecule has 2 heterocycles. The van der Waals surface area contributed by atoms with Crippen LogP contribution in [0.3, 0.4) is 0 Å². The van der Waals surface area contributed by atoms with Crippen molar-refractivity contribution in [1.29, 1.82) is 0 Å². The molecule has 25 heavy (non-hydrogen) atoms. The number of amides is 1. The summed E-state index contributed by atoms with van der Waals surface area (Å²) in [5, 5.41) is 17.3. The van der Waals surface area contributed by atoms with Crippen molar-refractivity contribution < 1.29 is 4.79 Å². The molecule has 1 amide bonds. The lowest BCUT2D eigenvalue weighted by molar-refractivity contribution is -0.110. The lowest BCUT2D eigenvalue weighted by Gasteiger charge is -2.23. The summed E-state index contributed by atoms with van der Waals surface area (Å²) >= 11 is 1.28. The van der Waals surface area contributed by atoms with E-state index in [9.17, 15) is 4.79 Å². The van der Waals surface area contributed by atoms with Gasteiger partial charge in [-0.2, -0.15) is 5.10 Å². The molecule has 0 unspecified atom stereocenters. The lowest BCUT2D eigenvalue weighted by Crippen LogP contribution is -2.21. The molecule has 1 N–H and O–H groups in total. The van der Waals surface area contributed by atoms with E-state index >= 15 is 0 Å². The first kappa shape index (κ1) is 15.5. The Balaban J connectivity index is 1.64. The highest BCUT2D eigenvalue weighted by Crippen LogP contribution is 2.35. The zero-order valence-electron chi connectivity index (χ0n) is 13.2. The summed E-state index contributed by atoms with van der Waals surface area (Å²) in [7, 11) is 0. The highest BCUT2D eigenvalue weighted by molar-refractivity contribution is 7.13. The number of carbonyl (C=O) groups excluding carboxylic acids is 1. The molecule has 0 radical (unpaired) electrons. The normalized spacial score (nSPS) is 16.6. The summed E-state index contributed by atoms with van der Waals surface area (Å²) in [6.45, 7) is 0. The average Bonchev–Trinajstić information content (AvgIpc) is 3.33. The fourth-order valence-electron chi connectivity index (χ4n) is 2.80. The van der Waals surface area contributed by atoms with Gasteiger partial charge in [0, 0.05) is 6.42 Å². The van der Waals surface area contributed by atoms with Crippen LogP contribution in [0.2, 0.25) is 0 Å². The fraction of sp³-hybridized carbons (Fsp3) is 0.111.